The van der Waals surface area contributed by atoms with Crippen LogP contribution in [0.4, 0.5) is 0 Å². The topological polar surface area (TPSA) is 77.7 Å². The van der Waals surface area contributed by atoms with Crippen LogP contribution in [0.3, 0.4) is 0 Å². The van der Waals surface area contributed by atoms with Crippen molar-refractivity contribution in [1.82, 2.24) is 4.57 Å². The van der Waals surface area contributed by atoms with Crippen LogP contribution in [-0.4, -0.2) is 31.8 Å². The van der Waals surface area contributed by atoms with Gasteiger partial charge in [-0.25, -0.2) is 8.42 Å². The van der Waals surface area contributed by atoms with Gasteiger partial charge in [0.2, 0.25) is 5.91 Å². The SMILES string of the molecule is CCn1c(=NC(=O)CCCS(=O)(=O)c2ccccc2)sc2cc(OC)ccc21. The van der Waals surface area contributed by atoms with E-state index >= 15 is 0 Å². The second kappa shape index (κ2) is 8.70. The van der Waals surface area contributed by atoms with Gasteiger partial charge in [-0.3, -0.25) is 4.79 Å². The van der Waals surface area contributed by atoms with Crippen molar-refractivity contribution in [3.05, 3.63) is 53.3 Å². The van der Waals surface area contributed by atoms with Crippen molar-refractivity contribution in [2.45, 2.75) is 31.2 Å². The predicted molar refractivity (Wildman–Crippen MR) is 110 cm³/mol. The summed E-state index contributed by atoms with van der Waals surface area (Å²) in [5.74, 6) is 0.361. The lowest BCUT2D eigenvalue weighted by atomic mass is 10.3. The van der Waals surface area contributed by atoms with Crippen molar-refractivity contribution >= 4 is 37.3 Å². The molecule has 0 fully saturated rings. The van der Waals surface area contributed by atoms with E-state index < -0.39 is 9.84 Å². The fraction of sp³-hybridized carbons (Fsp3) is 0.300. The lowest BCUT2D eigenvalue weighted by molar-refractivity contribution is -0.118. The van der Waals surface area contributed by atoms with E-state index in [1.807, 2.05) is 29.7 Å². The molecule has 0 N–H and O–H groups in total. The maximum absolute atomic E-state index is 12.3. The molecule has 148 valence electrons. The smallest absolute Gasteiger partial charge is 0.248 e. The summed E-state index contributed by atoms with van der Waals surface area (Å²) >= 11 is 1.42. The van der Waals surface area contributed by atoms with Crippen LogP contribution in [0, 0.1) is 0 Å². The molecule has 3 aromatic rings. The van der Waals surface area contributed by atoms with Gasteiger partial charge in [-0.05, 0) is 43.7 Å². The first-order chi connectivity index (χ1) is 13.4. The summed E-state index contributed by atoms with van der Waals surface area (Å²) in [6.45, 7) is 2.67. The Balaban J connectivity index is 1.74. The first-order valence-corrected chi connectivity index (χ1v) is 11.4. The second-order valence-electron chi connectivity index (χ2n) is 6.20. The summed E-state index contributed by atoms with van der Waals surface area (Å²) in [5.41, 5.74) is 0.992. The number of hydrogen-bond acceptors (Lipinski definition) is 5. The van der Waals surface area contributed by atoms with E-state index in [9.17, 15) is 13.2 Å². The number of methoxy groups -OCH3 is 1. The third-order valence-electron chi connectivity index (χ3n) is 4.33. The molecule has 1 heterocycles. The van der Waals surface area contributed by atoms with Crippen LogP contribution in [0.1, 0.15) is 19.8 Å². The number of benzene rings is 2. The number of amides is 1. The van der Waals surface area contributed by atoms with Gasteiger partial charge in [-0.1, -0.05) is 29.5 Å². The number of carbonyl (C=O) groups excluding carboxylic acids is 1. The summed E-state index contributed by atoms with van der Waals surface area (Å²) in [6.07, 6.45) is 0.331. The van der Waals surface area contributed by atoms with Gasteiger partial charge in [0.25, 0.3) is 0 Å². The third kappa shape index (κ3) is 4.51. The number of hydrogen-bond donors (Lipinski definition) is 0. The molecule has 0 spiro atoms. The average Bonchev–Trinajstić information content (AvgIpc) is 3.04. The maximum atomic E-state index is 12.3. The third-order valence-corrected chi connectivity index (χ3v) is 7.19. The van der Waals surface area contributed by atoms with Crippen LogP contribution in [0.15, 0.2) is 58.4 Å². The zero-order valence-electron chi connectivity index (χ0n) is 15.8. The number of sulfone groups is 1. The molecular weight excluding hydrogens is 396 g/mol. The van der Waals surface area contributed by atoms with E-state index in [0.717, 1.165) is 16.0 Å². The number of aromatic nitrogens is 1. The number of ether oxygens (including phenoxy) is 1. The Labute approximate surface area is 168 Å². The van der Waals surface area contributed by atoms with Gasteiger partial charge in [0.1, 0.15) is 5.75 Å². The summed E-state index contributed by atoms with van der Waals surface area (Å²) < 4.78 is 32.8. The molecule has 0 aliphatic heterocycles. The standard InChI is InChI=1S/C20H22N2O4S2/c1-3-22-17-12-11-15(26-2)14-18(17)27-20(22)21-19(23)10-7-13-28(24,25)16-8-5-4-6-9-16/h4-6,8-9,11-12,14H,3,7,10,13H2,1-2H3. The highest BCUT2D eigenvalue weighted by molar-refractivity contribution is 7.91. The molecule has 2 aromatic carbocycles. The molecule has 0 aliphatic rings. The number of rotatable bonds is 7. The van der Waals surface area contributed by atoms with E-state index in [2.05, 4.69) is 4.99 Å². The molecule has 0 unspecified atom stereocenters. The molecule has 1 amide bonds. The van der Waals surface area contributed by atoms with Gasteiger partial charge >= 0.3 is 0 Å². The van der Waals surface area contributed by atoms with Crippen molar-refractivity contribution in [1.29, 1.82) is 0 Å². The molecule has 6 nitrogen and oxygen atoms in total. The number of aryl methyl sites for hydroxylation is 1. The van der Waals surface area contributed by atoms with Crippen molar-refractivity contribution in [2.75, 3.05) is 12.9 Å². The van der Waals surface area contributed by atoms with Gasteiger partial charge in [0.05, 0.1) is 28.0 Å². The van der Waals surface area contributed by atoms with E-state index in [4.69, 9.17) is 4.74 Å². The van der Waals surface area contributed by atoms with E-state index in [1.54, 1.807) is 37.4 Å². The Kier molecular flexibility index (Phi) is 6.31. The molecule has 0 radical (unpaired) electrons. The number of fused-ring (bicyclic) bond motifs is 1. The zero-order valence-corrected chi connectivity index (χ0v) is 17.4. The quantitative estimate of drug-likeness (QED) is 0.589. The van der Waals surface area contributed by atoms with Crippen molar-refractivity contribution in [3.8, 4) is 5.75 Å². The molecule has 8 heteroatoms. The van der Waals surface area contributed by atoms with Gasteiger partial charge in [0, 0.05) is 13.0 Å². The lowest BCUT2D eigenvalue weighted by Crippen LogP contribution is -2.16. The Morgan fingerprint density at radius 1 is 1.18 bits per heavy atom. The van der Waals surface area contributed by atoms with Crippen molar-refractivity contribution < 1.29 is 17.9 Å². The van der Waals surface area contributed by atoms with Crippen LogP contribution in [0.2, 0.25) is 0 Å². The number of thiazole rings is 1. The highest BCUT2D eigenvalue weighted by atomic mass is 32.2. The largest absolute Gasteiger partial charge is 0.497 e. The summed E-state index contributed by atoms with van der Waals surface area (Å²) in [7, 11) is -1.77. The fourth-order valence-corrected chi connectivity index (χ4v) is 5.36. The second-order valence-corrected chi connectivity index (χ2v) is 9.32. The fourth-order valence-electron chi connectivity index (χ4n) is 2.89. The molecule has 0 bridgehead atoms. The van der Waals surface area contributed by atoms with Crippen molar-refractivity contribution in [2.24, 2.45) is 4.99 Å². The Morgan fingerprint density at radius 2 is 1.93 bits per heavy atom. The van der Waals surface area contributed by atoms with Gasteiger partial charge < -0.3 is 9.30 Å². The monoisotopic (exact) mass is 418 g/mol. The van der Waals surface area contributed by atoms with Crippen LogP contribution < -0.4 is 9.54 Å². The Morgan fingerprint density at radius 3 is 2.61 bits per heavy atom. The molecule has 0 aliphatic carbocycles. The van der Waals surface area contributed by atoms with Crippen LogP contribution in [-0.2, 0) is 21.2 Å². The molecule has 0 atom stereocenters. The molecule has 0 saturated carbocycles. The van der Waals surface area contributed by atoms with Crippen LogP contribution in [0.25, 0.3) is 10.2 Å². The molecular formula is C20H22N2O4S2. The van der Waals surface area contributed by atoms with Gasteiger partial charge in [0.15, 0.2) is 14.6 Å². The lowest BCUT2D eigenvalue weighted by Gasteiger charge is -2.03. The minimum Gasteiger partial charge on any atom is -0.497 e. The summed E-state index contributed by atoms with van der Waals surface area (Å²) in [6, 6.07) is 14.0. The molecule has 0 saturated heterocycles. The molecule has 3 rings (SSSR count). The highest BCUT2D eigenvalue weighted by Crippen LogP contribution is 2.23. The zero-order chi connectivity index (χ0) is 20.1. The molecule has 1 aromatic heterocycles. The summed E-state index contributed by atoms with van der Waals surface area (Å²) in [5, 5.41) is 0. The van der Waals surface area contributed by atoms with E-state index in [-0.39, 0.29) is 29.4 Å². The Bertz CT molecular complexity index is 1150. The average molecular weight is 419 g/mol. The predicted octanol–water partition coefficient (Wildman–Crippen LogP) is 3.41. The first-order valence-electron chi connectivity index (χ1n) is 8.97. The van der Waals surface area contributed by atoms with Gasteiger partial charge in [-0.15, -0.1) is 0 Å². The first kappa shape index (κ1) is 20.3. The summed E-state index contributed by atoms with van der Waals surface area (Å²) in [4.78, 5) is 17.4. The maximum Gasteiger partial charge on any atom is 0.248 e. The van der Waals surface area contributed by atoms with Gasteiger partial charge in [-0.2, -0.15) is 4.99 Å². The van der Waals surface area contributed by atoms with Crippen LogP contribution >= 0.6 is 11.3 Å². The highest BCUT2D eigenvalue weighted by Gasteiger charge is 2.14. The minimum atomic E-state index is -3.38. The number of carbonyl (C=O) groups is 1. The van der Waals surface area contributed by atoms with E-state index in [0.29, 0.717) is 11.3 Å². The van der Waals surface area contributed by atoms with E-state index in [1.165, 1.54) is 11.3 Å². The Hall–Kier alpha value is -2.45. The normalized spacial score (nSPS) is 12.4. The number of nitrogens with zero attached hydrogens (tertiary/aromatic N) is 2. The molecule has 28 heavy (non-hydrogen) atoms. The minimum absolute atomic E-state index is 0.0737. The van der Waals surface area contributed by atoms with Crippen LogP contribution in [0.5, 0.6) is 5.75 Å². The van der Waals surface area contributed by atoms with Crippen molar-refractivity contribution in [3.63, 3.8) is 0 Å².